The van der Waals surface area contributed by atoms with Crippen LogP contribution in [0.15, 0.2) is 40.9 Å². The molecule has 0 aliphatic carbocycles. The molecule has 0 radical (unpaired) electrons. The average molecular weight is 392 g/mol. The molecule has 0 amide bonds. The summed E-state index contributed by atoms with van der Waals surface area (Å²) >= 11 is 3.44. The van der Waals surface area contributed by atoms with Crippen LogP contribution in [0.4, 0.5) is 0 Å². The highest BCUT2D eigenvalue weighted by atomic mass is 79.9. The number of rotatable bonds is 5. The lowest BCUT2D eigenvalue weighted by Crippen LogP contribution is -2.28. The number of benzene rings is 2. The van der Waals surface area contributed by atoms with E-state index < -0.39 is 14.5 Å². The van der Waals surface area contributed by atoms with Gasteiger partial charge in [-0.25, -0.2) is 8.42 Å². The lowest BCUT2D eigenvalue weighted by atomic mass is 9.98. The Hall–Kier alpha value is -0.780. The Morgan fingerprint density at radius 1 is 1.14 bits per heavy atom. The third-order valence-corrected chi connectivity index (χ3v) is 4.91. The molecular formula is C15H16BrClO3S. The van der Waals surface area contributed by atoms with Crippen molar-refractivity contribution in [3.05, 3.63) is 40.9 Å². The van der Waals surface area contributed by atoms with Crippen LogP contribution in [0.25, 0.3) is 10.8 Å². The van der Waals surface area contributed by atoms with Crippen LogP contribution in [0.1, 0.15) is 13.8 Å². The van der Waals surface area contributed by atoms with Gasteiger partial charge in [-0.2, -0.15) is 0 Å². The van der Waals surface area contributed by atoms with Crippen molar-refractivity contribution in [3.63, 3.8) is 0 Å². The summed E-state index contributed by atoms with van der Waals surface area (Å²) in [7, 11) is 1.77. The van der Waals surface area contributed by atoms with Crippen molar-refractivity contribution >= 4 is 46.4 Å². The zero-order valence-electron chi connectivity index (χ0n) is 11.8. The maximum absolute atomic E-state index is 11.2. The molecule has 0 aliphatic heterocycles. The SMILES string of the molecule is CC(C)(COc1ccc2cc(Br)ccc2c1)CS(=O)(=O)Cl. The minimum Gasteiger partial charge on any atom is -0.493 e. The van der Waals surface area contributed by atoms with Crippen molar-refractivity contribution in [2.45, 2.75) is 13.8 Å². The molecule has 0 aromatic heterocycles. The third kappa shape index (κ3) is 5.16. The van der Waals surface area contributed by atoms with E-state index in [9.17, 15) is 8.42 Å². The van der Waals surface area contributed by atoms with E-state index in [2.05, 4.69) is 15.9 Å². The average Bonchev–Trinajstić information content (AvgIpc) is 2.33. The molecule has 0 aliphatic rings. The molecular weight excluding hydrogens is 376 g/mol. The molecule has 0 unspecified atom stereocenters. The highest BCUT2D eigenvalue weighted by Gasteiger charge is 2.25. The highest BCUT2D eigenvalue weighted by Crippen LogP contribution is 2.26. The minimum atomic E-state index is -3.54. The van der Waals surface area contributed by atoms with Gasteiger partial charge in [-0.3, -0.25) is 0 Å². The van der Waals surface area contributed by atoms with Gasteiger partial charge in [-0.15, -0.1) is 0 Å². The van der Waals surface area contributed by atoms with Crippen LogP contribution >= 0.6 is 26.6 Å². The van der Waals surface area contributed by atoms with E-state index in [1.807, 2.05) is 50.2 Å². The Labute approximate surface area is 137 Å². The molecule has 3 nitrogen and oxygen atoms in total. The monoisotopic (exact) mass is 390 g/mol. The summed E-state index contributed by atoms with van der Waals surface area (Å²) in [4.78, 5) is 0. The summed E-state index contributed by atoms with van der Waals surface area (Å²) in [6, 6.07) is 11.8. The summed E-state index contributed by atoms with van der Waals surface area (Å²) in [6.45, 7) is 3.90. The van der Waals surface area contributed by atoms with Crippen LogP contribution in [0.2, 0.25) is 0 Å². The van der Waals surface area contributed by atoms with Gasteiger partial charge in [0.05, 0.1) is 12.4 Å². The molecule has 2 aromatic rings. The smallest absolute Gasteiger partial charge is 0.233 e. The quantitative estimate of drug-likeness (QED) is 0.701. The fourth-order valence-corrected chi connectivity index (χ4v) is 4.35. The molecule has 0 atom stereocenters. The van der Waals surface area contributed by atoms with Gasteiger partial charge in [0.2, 0.25) is 9.05 Å². The lowest BCUT2D eigenvalue weighted by Gasteiger charge is -2.23. The standard InChI is InChI=1S/C15H16BrClO3S/c1-15(2,10-21(17,18)19)9-20-14-6-4-11-7-13(16)5-3-12(11)8-14/h3-8H,9-10H2,1-2H3. The number of ether oxygens (including phenoxy) is 1. The Morgan fingerprint density at radius 3 is 2.43 bits per heavy atom. The number of fused-ring (bicyclic) bond motifs is 1. The van der Waals surface area contributed by atoms with Gasteiger partial charge in [-0.1, -0.05) is 41.9 Å². The largest absolute Gasteiger partial charge is 0.493 e. The predicted molar refractivity (Wildman–Crippen MR) is 90.6 cm³/mol. The molecule has 0 saturated carbocycles. The lowest BCUT2D eigenvalue weighted by molar-refractivity contribution is 0.200. The zero-order chi connectivity index (χ0) is 15.7. The molecule has 21 heavy (non-hydrogen) atoms. The van der Waals surface area contributed by atoms with Gasteiger partial charge in [-0.05, 0) is 35.0 Å². The van der Waals surface area contributed by atoms with Crippen LogP contribution in [0.5, 0.6) is 5.75 Å². The molecule has 6 heteroatoms. The number of hydrogen-bond acceptors (Lipinski definition) is 3. The Kier molecular flexibility index (Phi) is 4.85. The molecule has 0 spiro atoms. The van der Waals surface area contributed by atoms with Crippen molar-refractivity contribution in [2.24, 2.45) is 5.41 Å². The molecule has 0 fully saturated rings. The maximum atomic E-state index is 11.2. The second-order valence-electron chi connectivity index (χ2n) is 5.79. The van der Waals surface area contributed by atoms with Crippen molar-refractivity contribution in [1.82, 2.24) is 0 Å². The summed E-state index contributed by atoms with van der Waals surface area (Å²) < 4.78 is 29.1. The molecule has 0 bridgehead atoms. The number of halogens is 2. The summed E-state index contributed by atoms with van der Waals surface area (Å²) in [5.74, 6) is 0.590. The Balaban J connectivity index is 2.11. The summed E-state index contributed by atoms with van der Waals surface area (Å²) in [5.41, 5.74) is -0.546. The number of hydrogen-bond donors (Lipinski definition) is 0. The van der Waals surface area contributed by atoms with Gasteiger partial charge < -0.3 is 4.74 Å². The van der Waals surface area contributed by atoms with E-state index in [0.29, 0.717) is 5.75 Å². The van der Waals surface area contributed by atoms with Crippen LogP contribution < -0.4 is 4.74 Å². The van der Waals surface area contributed by atoms with Gasteiger partial charge in [0, 0.05) is 20.6 Å². The van der Waals surface area contributed by atoms with Crippen LogP contribution in [-0.4, -0.2) is 20.8 Å². The van der Waals surface area contributed by atoms with Crippen molar-refractivity contribution in [1.29, 1.82) is 0 Å². The molecule has 0 N–H and O–H groups in total. The first-order chi connectivity index (χ1) is 9.65. The summed E-state index contributed by atoms with van der Waals surface area (Å²) in [6.07, 6.45) is 0. The molecule has 114 valence electrons. The molecule has 0 heterocycles. The fourth-order valence-electron chi connectivity index (χ4n) is 2.07. The zero-order valence-corrected chi connectivity index (χ0v) is 14.9. The summed E-state index contributed by atoms with van der Waals surface area (Å²) in [5, 5.41) is 2.18. The molecule has 2 rings (SSSR count). The van der Waals surface area contributed by atoms with E-state index in [4.69, 9.17) is 15.4 Å². The topological polar surface area (TPSA) is 43.4 Å². The van der Waals surface area contributed by atoms with Crippen molar-refractivity contribution < 1.29 is 13.2 Å². The first kappa shape index (κ1) is 16.6. The molecule has 0 saturated heterocycles. The first-order valence-corrected chi connectivity index (χ1v) is 9.66. The second-order valence-corrected chi connectivity index (χ2v) is 9.48. The van der Waals surface area contributed by atoms with Crippen LogP contribution in [-0.2, 0) is 9.05 Å². The van der Waals surface area contributed by atoms with Crippen molar-refractivity contribution in [2.75, 3.05) is 12.4 Å². The van der Waals surface area contributed by atoms with E-state index in [0.717, 1.165) is 15.2 Å². The third-order valence-electron chi connectivity index (χ3n) is 2.97. The van der Waals surface area contributed by atoms with Crippen LogP contribution in [0, 0.1) is 5.41 Å². The van der Waals surface area contributed by atoms with Gasteiger partial charge in [0.15, 0.2) is 0 Å². The Bertz CT molecular complexity index is 757. The van der Waals surface area contributed by atoms with Gasteiger partial charge in [0.25, 0.3) is 0 Å². The molecule has 2 aromatic carbocycles. The van der Waals surface area contributed by atoms with E-state index >= 15 is 0 Å². The first-order valence-electron chi connectivity index (χ1n) is 6.39. The second kappa shape index (κ2) is 6.15. The maximum Gasteiger partial charge on any atom is 0.233 e. The fraction of sp³-hybridized carbons (Fsp3) is 0.333. The van der Waals surface area contributed by atoms with E-state index in [-0.39, 0.29) is 12.4 Å². The predicted octanol–water partition coefficient (Wildman–Crippen LogP) is 4.58. The van der Waals surface area contributed by atoms with E-state index in [1.165, 1.54) is 0 Å². The minimum absolute atomic E-state index is 0.123. The Morgan fingerprint density at radius 2 is 1.76 bits per heavy atom. The van der Waals surface area contributed by atoms with Crippen molar-refractivity contribution in [3.8, 4) is 5.75 Å². The van der Waals surface area contributed by atoms with E-state index in [1.54, 1.807) is 0 Å². The normalized spacial score (nSPS) is 12.6. The van der Waals surface area contributed by atoms with Crippen LogP contribution in [0.3, 0.4) is 0 Å². The van der Waals surface area contributed by atoms with Gasteiger partial charge in [0.1, 0.15) is 5.75 Å². The highest BCUT2D eigenvalue weighted by molar-refractivity contribution is 9.10. The van der Waals surface area contributed by atoms with Gasteiger partial charge >= 0.3 is 0 Å².